The summed E-state index contributed by atoms with van der Waals surface area (Å²) in [5.74, 6) is 0. The van der Waals surface area contributed by atoms with Crippen molar-refractivity contribution in [2.45, 2.75) is 71.0 Å². The van der Waals surface area contributed by atoms with E-state index in [0.29, 0.717) is 16.6 Å². The van der Waals surface area contributed by atoms with Crippen LogP contribution in [0.1, 0.15) is 54.4 Å². The molecule has 2 unspecified atom stereocenters. The Morgan fingerprint density at radius 1 is 0.923 bits per heavy atom. The molecule has 0 aromatic carbocycles. The maximum Gasteiger partial charge on any atom is 0.245 e. The normalized spacial score (nSPS) is 21.2. The molecule has 2 atom stereocenters. The maximum absolute atomic E-state index is 12.8. The van der Waals surface area contributed by atoms with Gasteiger partial charge in [0.2, 0.25) is 8.32 Å². The Labute approximate surface area is 84.7 Å². The van der Waals surface area contributed by atoms with Gasteiger partial charge in [0, 0.05) is 0 Å². The smallest absolute Gasteiger partial charge is 0.245 e. The first-order valence-electron chi connectivity index (χ1n) is 5.61. The number of hydrogen-bond acceptors (Lipinski definition) is 0. The van der Waals surface area contributed by atoms with Crippen molar-refractivity contribution in [3.63, 3.8) is 0 Å². The summed E-state index contributed by atoms with van der Waals surface area (Å²) in [5, 5.41) is 0. The van der Waals surface area contributed by atoms with Gasteiger partial charge in [0.25, 0.3) is 0 Å². The molecule has 0 rings (SSSR count). The first-order chi connectivity index (χ1) is 5.91. The summed E-state index contributed by atoms with van der Waals surface area (Å²) in [6, 6.07) is 0. The van der Waals surface area contributed by atoms with E-state index < -0.39 is 8.32 Å². The SMILES string of the molecule is CCC(C)[Si]([O])(C(C)C)C(C)CC. The summed E-state index contributed by atoms with van der Waals surface area (Å²) in [6.45, 7) is 12.9. The molecule has 1 nitrogen and oxygen atoms in total. The zero-order valence-electron chi connectivity index (χ0n) is 10.1. The molecule has 0 fully saturated rings. The summed E-state index contributed by atoms with van der Waals surface area (Å²) in [4.78, 5) is 12.8. The fraction of sp³-hybridized carbons (Fsp3) is 1.00. The van der Waals surface area contributed by atoms with Crippen molar-refractivity contribution in [1.29, 1.82) is 0 Å². The molecule has 2 heteroatoms. The Bertz CT molecular complexity index is 135. The van der Waals surface area contributed by atoms with Crippen LogP contribution in [0, 0.1) is 0 Å². The van der Waals surface area contributed by atoms with Crippen molar-refractivity contribution in [2.24, 2.45) is 0 Å². The zero-order valence-corrected chi connectivity index (χ0v) is 11.1. The lowest BCUT2D eigenvalue weighted by Gasteiger charge is -2.37. The van der Waals surface area contributed by atoms with Crippen LogP contribution in [-0.4, -0.2) is 8.32 Å². The van der Waals surface area contributed by atoms with Crippen molar-refractivity contribution < 1.29 is 4.80 Å². The molecule has 0 aliphatic rings. The summed E-state index contributed by atoms with van der Waals surface area (Å²) in [5.41, 5.74) is 1.21. The lowest BCUT2D eigenvalue weighted by molar-refractivity contribution is 0.364. The van der Waals surface area contributed by atoms with Crippen LogP contribution in [0.15, 0.2) is 0 Å². The molecule has 0 aromatic rings. The summed E-state index contributed by atoms with van der Waals surface area (Å²) >= 11 is 0. The van der Waals surface area contributed by atoms with Gasteiger partial charge in [0.15, 0.2) is 0 Å². The van der Waals surface area contributed by atoms with Crippen LogP contribution in [0.25, 0.3) is 0 Å². The van der Waals surface area contributed by atoms with E-state index >= 15 is 0 Å². The van der Waals surface area contributed by atoms with E-state index in [1.165, 1.54) is 0 Å². The Hall–Kier alpha value is 0.177. The molecule has 0 N–H and O–H groups in total. The second-order valence-corrected chi connectivity index (χ2v) is 9.46. The summed E-state index contributed by atoms with van der Waals surface area (Å²) in [6.07, 6.45) is 2.11. The van der Waals surface area contributed by atoms with Gasteiger partial charge in [-0.3, -0.25) is 4.80 Å². The molecule has 79 valence electrons. The molecule has 0 saturated carbocycles. The fourth-order valence-corrected chi connectivity index (χ4v) is 6.79. The average Bonchev–Trinajstić information content (AvgIpc) is 2.13. The van der Waals surface area contributed by atoms with Crippen molar-refractivity contribution >= 4 is 8.32 Å². The molecular weight excluding hydrogens is 176 g/mol. The van der Waals surface area contributed by atoms with Gasteiger partial charge in [-0.1, -0.05) is 54.4 Å². The van der Waals surface area contributed by atoms with E-state index in [1.54, 1.807) is 0 Å². The highest BCUT2D eigenvalue weighted by atomic mass is 28.4. The molecule has 0 aliphatic heterocycles. The van der Waals surface area contributed by atoms with Crippen LogP contribution in [0.2, 0.25) is 16.6 Å². The first kappa shape index (κ1) is 13.2. The van der Waals surface area contributed by atoms with Gasteiger partial charge in [0.1, 0.15) is 0 Å². The lowest BCUT2D eigenvalue weighted by Crippen LogP contribution is -2.44. The second kappa shape index (κ2) is 5.16. The van der Waals surface area contributed by atoms with Gasteiger partial charge in [-0.2, -0.15) is 0 Å². The maximum atomic E-state index is 12.8. The van der Waals surface area contributed by atoms with Crippen LogP contribution in [0.3, 0.4) is 0 Å². The van der Waals surface area contributed by atoms with Crippen LogP contribution in [-0.2, 0) is 4.80 Å². The van der Waals surface area contributed by atoms with Gasteiger partial charge in [0.05, 0.1) is 0 Å². The van der Waals surface area contributed by atoms with Crippen LogP contribution >= 0.6 is 0 Å². The largest absolute Gasteiger partial charge is 0.296 e. The molecule has 0 heterocycles. The van der Waals surface area contributed by atoms with Gasteiger partial charge in [-0.25, -0.2) is 0 Å². The van der Waals surface area contributed by atoms with Crippen LogP contribution < -0.4 is 0 Å². The van der Waals surface area contributed by atoms with E-state index in [9.17, 15) is 4.80 Å². The zero-order chi connectivity index (χ0) is 10.6. The minimum absolute atomic E-state index is 0.373. The topological polar surface area (TPSA) is 19.9 Å². The molecule has 0 aliphatic carbocycles. The highest BCUT2D eigenvalue weighted by Gasteiger charge is 2.46. The van der Waals surface area contributed by atoms with E-state index in [0.717, 1.165) is 12.8 Å². The summed E-state index contributed by atoms with van der Waals surface area (Å²) < 4.78 is 0. The molecule has 0 bridgehead atoms. The van der Waals surface area contributed by atoms with Gasteiger partial charge in [-0.15, -0.1) is 0 Å². The van der Waals surface area contributed by atoms with Crippen molar-refractivity contribution in [3.8, 4) is 0 Å². The highest BCUT2D eigenvalue weighted by molar-refractivity contribution is 6.76. The van der Waals surface area contributed by atoms with Crippen LogP contribution in [0.4, 0.5) is 0 Å². The lowest BCUT2D eigenvalue weighted by atomic mass is 10.3. The van der Waals surface area contributed by atoms with E-state index in [-0.39, 0.29) is 0 Å². The molecule has 0 spiro atoms. The molecule has 0 amide bonds. The Kier molecular flexibility index (Phi) is 5.23. The molecular formula is C11H25OSi. The number of rotatable bonds is 5. The monoisotopic (exact) mass is 201 g/mol. The van der Waals surface area contributed by atoms with Gasteiger partial charge >= 0.3 is 0 Å². The second-order valence-electron chi connectivity index (χ2n) is 4.63. The molecule has 13 heavy (non-hydrogen) atoms. The Morgan fingerprint density at radius 2 is 1.23 bits per heavy atom. The highest BCUT2D eigenvalue weighted by Crippen LogP contribution is 2.42. The van der Waals surface area contributed by atoms with Crippen LogP contribution in [0.5, 0.6) is 0 Å². The van der Waals surface area contributed by atoms with Crippen molar-refractivity contribution in [3.05, 3.63) is 0 Å². The first-order valence-corrected chi connectivity index (χ1v) is 7.75. The van der Waals surface area contributed by atoms with E-state index in [4.69, 9.17) is 0 Å². The van der Waals surface area contributed by atoms with Crippen molar-refractivity contribution in [1.82, 2.24) is 0 Å². The third-order valence-electron chi connectivity index (χ3n) is 3.67. The summed E-state index contributed by atoms with van der Waals surface area (Å²) in [7, 11) is -2.28. The van der Waals surface area contributed by atoms with E-state index in [2.05, 4.69) is 41.5 Å². The minimum atomic E-state index is -2.28. The predicted octanol–water partition coefficient (Wildman–Crippen LogP) is 4.37. The predicted molar refractivity (Wildman–Crippen MR) is 61.0 cm³/mol. The third kappa shape index (κ3) is 2.56. The number of hydrogen-bond donors (Lipinski definition) is 0. The Morgan fingerprint density at radius 3 is 1.38 bits per heavy atom. The average molecular weight is 201 g/mol. The van der Waals surface area contributed by atoms with Gasteiger partial charge < -0.3 is 0 Å². The van der Waals surface area contributed by atoms with Gasteiger partial charge in [-0.05, 0) is 16.6 Å². The third-order valence-corrected chi connectivity index (χ3v) is 9.37. The molecule has 0 aromatic heterocycles. The fourth-order valence-electron chi connectivity index (χ4n) is 2.26. The minimum Gasteiger partial charge on any atom is -0.296 e. The quantitative estimate of drug-likeness (QED) is 0.589. The molecule has 1 radical (unpaired) electrons. The Balaban J connectivity index is 4.71. The standard InChI is InChI=1S/C11H25OSi/c1-7-10(5)13(12,9(3)4)11(6)8-2/h9-11H,7-8H2,1-6H3. The molecule has 0 saturated heterocycles. The van der Waals surface area contributed by atoms with Crippen molar-refractivity contribution in [2.75, 3.05) is 0 Å². The van der Waals surface area contributed by atoms with E-state index in [1.807, 2.05) is 0 Å².